The first kappa shape index (κ1) is 16.0. The fourth-order valence-electron chi connectivity index (χ4n) is 2.48. The molecule has 2 N–H and O–H groups in total. The summed E-state index contributed by atoms with van der Waals surface area (Å²) in [6, 6.07) is 7.66. The first-order chi connectivity index (χ1) is 11.6. The predicted octanol–water partition coefficient (Wildman–Crippen LogP) is 3.03. The third-order valence-corrected chi connectivity index (χ3v) is 3.76. The minimum Gasteiger partial charge on any atom is -0.403 e. The topological polar surface area (TPSA) is 83.3 Å². The molecule has 2 aromatic rings. The Bertz CT molecular complexity index is 721. The lowest BCUT2D eigenvalue weighted by Crippen LogP contribution is -2.37. The molecule has 0 bridgehead atoms. The number of allylic oxidation sites excluding steroid dienone is 1. The Morgan fingerprint density at radius 1 is 1.25 bits per heavy atom. The number of nitrogens with one attached hydrogen (secondary N) is 2. The maximum atomic E-state index is 12.0. The van der Waals surface area contributed by atoms with Gasteiger partial charge in [-0.1, -0.05) is 17.3 Å². The summed E-state index contributed by atoms with van der Waals surface area (Å²) in [5.41, 5.74) is 1.51. The quantitative estimate of drug-likeness (QED) is 0.843. The van der Waals surface area contributed by atoms with Crippen LogP contribution in [0.5, 0.6) is 0 Å². The molecular weight excluding hydrogens is 306 g/mol. The standard InChI is InChI=1S/C17H21N5O2/c1-22(2)17-21-20-15(24-17)12-8-10-14(11-9-12)19-16(23)18-13-6-4-3-5-7-13/h4,6,8-11,13H,3,5,7H2,1-2H3,(H2,18,19,23). The Labute approximate surface area is 140 Å². The van der Waals surface area contributed by atoms with Crippen LogP contribution in [0.15, 0.2) is 40.8 Å². The highest BCUT2D eigenvalue weighted by Gasteiger charge is 2.12. The predicted molar refractivity (Wildman–Crippen MR) is 93.0 cm³/mol. The fourth-order valence-corrected chi connectivity index (χ4v) is 2.48. The summed E-state index contributed by atoms with van der Waals surface area (Å²) >= 11 is 0. The summed E-state index contributed by atoms with van der Waals surface area (Å²) in [5.74, 6) is 0.446. The van der Waals surface area contributed by atoms with Gasteiger partial charge in [0.1, 0.15) is 0 Å². The molecular formula is C17H21N5O2. The van der Waals surface area contributed by atoms with Gasteiger partial charge in [0.05, 0.1) is 0 Å². The zero-order valence-electron chi connectivity index (χ0n) is 13.8. The van der Waals surface area contributed by atoms with Gasteiger partial charge in [0.15, 0.2) is 0 Å². The molecule has 2 amide bonds. The molecule has 0 aliphatic heterocycles. The number of hydrogen-bond acceptors (Lipinski definition) is 5. The number of nitrogens with zero attached hydrogens (tertiary/aromatic N) is 3. The van der Waals surface area contributed by atoms with E-state index in [1.54, 1.807) is 4.90 Å². The summed E-state index contributed by atoms with van der Waals surface area (Å²) in [6.07, 6.45) is 7.33. The lowest BCUT2D eigenvalue weighted by atomic mass is 10.0. The minimum atomic E-state index is -0.202. The zero-order valence-corrected chi connectivity index (χ0v) is 13.8. The number of rotatable bonds is 4. The van der Waals surface area contributed by atoms with E-state index in [1.165, 1.54) is 0 Å². The number of amides is 2. The van der Waals surface area contributed by atoms with Crippen LogP contribution in [0.2, 0.25) is 0 Å². The van der Waals surface area contributed by atoms with Crippen molar-refractivity contribution in [2.75, 3.05) is 24.3 Å². The van der Waals surface area contributed by atoms with Crippen molar-refractivity contribution in [3.63, 3.8) is 0 Å². The number of carbonyl (C=O) groups is 1. The molecule has 0 saturated carbocycles. The maximum Gasteiger partial charge on any atom is 0.319 e. The van der Waals surface area contributed by atoms with E-state index < -0.39 is 0 Å². The molecule has 1 unspecified atom stereocenters. The number of anilines is 2. The second-order valence-electron chi connectivity index (χ2n) is 5.93. The van der Waals surface area contributed by atoms with Crippen LogP contribution in [-0.4, -0.2) is 36.4 Å². The largest absolute Gasteiger partial charge is 0.403 e. The van der Waals surface area contributed by atoms with Gasteiger partial charge in [-0.2, -0.15) is 0 Å². The average molecular weight is 327 g/mol. The second-order valence-corrected chi connectivity index (χ2v) is 5.93. The molecule has 3 rings (SSSR count). The number of aromatic nitrogens is 2. The van der Waals surface area contributed by atoms with Gasteiger partial charge in [-0.05, 0) is 43.5 Å². The summed E-state index contributed by atoms with van der Waals surface area (Å²) in [5, 5.41) is 13.7. The molecule has 1 aliphatic carbocycles. The Morgan fingerprint density at radius 2 is 2.04 bits per heavy atom. The molecule has 1 aromatic carbocycles. The van der Waals surface area contributed by atoms with Gasteiger partial charge in [0.25, 0.3) is 0 Å². The lowest BCUT2D eigenvalue weighted by Gasteiger charge is -2.18. The van der Waals surface area contributed by atoms with Gasteiger partial charge in [0.2, 0.25) is 5.89 Å². The van der Waals surface area contributed by atoms with Crippen LogP contribution >= 0.6 is 0 Å². The molecule has 0 saturated heterocycles. The second kappa shape index (κ2) is 7.16. The summed E-state index contributed by atoms with van der Waals surface area (Å²) < 4.78 is 5.55. The first-order valence-electron chi connectivity index (χ1n) is 7.97. The highest BCUT2D eigenvalue weighted by atomic mass is 16.4. The van der Waals surface area contributed by atoms with E-state index in [2.05, 4.69) is 26.9 Å². The van der Waals surface area contributed by atoms with E-state index in [0.717, 1.165) is 24.8 Å². The molecule has 1 heterocycles. The summed E-state index contributed by atoms with van der Waals surface area (Å²) in [6.45, 7) is 0. The molecule has 7 heteroatoms. The smallest absolute Gasteiger partial charge is 0.319 e. The van der Waals surface area contributed by atoms with Crippen molar-refractivity contribution >= 4 is 17.7 Å². The maximum absolute atomic E-state index is 12.0. The molecule has 1 aliphatic rings. The van der Waals surface area contributed by atoms with E-state index in [-0.39, 0.29) is 12.1 Å². The third-order valence-electron chi connectivity index (χ3n) is 3.76. The Morgan fingerprint density at radius 3 is 2.67 bits per heavy atom. The van der Waals surface area contributed by atoms with Crippen molar-refractivity contribution in [3.05, 3.63) is 36.4 Å². The highest BCUT2D eigenvalue weighted by molar-refractivity contribution is 5.89. The van der Waals surface area contributed by atoms with Crippen molar-refractivity contribution in [2.24, 2.45) is 0 Å². The lowest BCUT2D eigenvalue weighted by molar-refractivity contribution is 0.249. The molecule has 126 valence electrons. The molecule has 0 spiro atoms. The van der Waals surface area contributed by atoms with E-state index in [4.69, 9.17) is 4.42 Å². The van der Waals surface area contributed by atoms with Crippen molar-refractivity contribution in [2.45, 2.75) is 25.3 Å². The summed E-state index contributed by atoms with van der Waals surface area (Å²) in [4.78, 5) is 13.8. The van der Waals surface area contributed by atoms with Crippen LogP contribution in [0.25, 0.3) is 11.5 Å². The monoisotopic (exact) mass is 327 g/mol. The molecule has 24 heavy (non-hydrogen) atoms. The van der Waals surface area contributed by atoms with E-state index >= 15 is 0 Å². The van der Waals surface area contributed by atoms with Gasteiger partial charge in [-0.15, -0.1) is 5.10 Å². The van der Waals surface area contributed by atoms with Gasteiger partial charge >= 0.3 is 12.0 Å². The fraction of sp³-hybridized carbons (Fsp3) is 0.353. The molecule has 7 nitrogen and oxygen atoms in total. The van der Waals surface area contributed by atoms with Crippen molar-refractivity contribution < 1.29 is 9.21 Å². The zero-order chi connectivity index (χ0) is 16.9. The Balaban J connectivity index is 1.60. The molecule has 0 radical (unpaired) electrons. The van der Waals surface area contributed by atoms with Crippen molar-refractivity contribution in [3.8, 4) is 11.5 Å². The number of carbonyl (C=O) groups excluding carboxylic acids is 1. The Hall–Kier alpha value is -2.83. The number of hydrogen-bond donors (Lipinski definition) is 2. The van der Waals surface area contributed by atoms with Crippen LogP contribution in [0, 0.1) is 0 Å². The van der Waals surface area contributed by atoms with E-state index in [1.807, 2.05) is 44.4 Å². The van der Waals surface area contributed by atoms with Gasteiger partial charge < -0.3 is 20.0 Å². The van der Waals surface area contributed by atoms with Crippen molar-refractivity contribution in [1.82, 2.24) is 15.5 Å². The van der Waals surface area contributed by atoms with Crippen molar-refractivity contribution in [1.29, 1.82) is 0 Å². The molecule has 0 fully saturated rings. The van der Waals surface area contributed by atoms with Crippen LogP contribution in [-0.2, 0) is 0 Å². The number of benzene rings is 1. The highest BCUT2D eigenvalue weighted by Crippen LogP contribution is 2.22. The summed E-state index contributed by atoms with van der Waals surface area (Å²) in [7, 11) is 3.68. The number of urea groups is 1. The van der Waals surface area contributed by atoms with E-state index in [0.29, 0.717) is 17.6 Å². The van der Waals surface area contributed by atoms with Crippen LogP contribution in [0.3, 0.4) is 0 Å². The van der Waals surface area contributed by atoms with Gasteiger partial charge in [-0.3, -0.25) is 0 Å². The van der Waals surface area contributed by atoms with Crippen LogP contribution < -0.4 is 15.5 Å². The minimum absolute atomic E-state index is 0.112. The normalized spacial score (nSPS) is 16.7. The molecule has 1 atom stereocenters. The SMILES string of the molecule is CN(C)c1nnc(-c2ccc(NC(=O)NC3C=CCCC3)cc2)o1. The van der Waals surface area contributed by atoms with Crippen LogP contribution in [0.4, 0.5) is 16.5 Å². The van der Waals surface area contributed by atoms with E-state index in [9.17, 15) is 4.79 Å². The third kappa shape index (κ3) is 3.92. The Kier molecular flexibility index (Phi) is 4.79. The van der Waals surface area contributed by atoms with Gasteiger partial charge in [-0.25, -0.2) is 4.79 Å². The van der Waals surface area contributed by atoms with Crippen LogP contribution in [0.1, 0.15) is 19.3 Å². The van der Waals surface area contributed by atoms with Gasteiger partial charge in [0, 0.05) is 31.4 Å². The first-order valence-corrected chi connectivity index (χ1v) is 7.97. The molecule has 1 aromatic heterocycles. The average Bonchev–Trinajstić information content (AvgIpc) is 3.07.